The first kappa shape index (κ1) is 36.6. The number of hydrogen-bond donors (Lipinski definition) is 3. The molecule has 13 heteroatoms. The molecule has 8 nitrogen and oxygen atoms in total. The van der Waals surface area contributed by atoms with Gasteiger partial charge < -0.3 is 31.1 Å². The smallest absolute Gasteiger partial charge is 0.369 e. The number of benzene rings is 2. The van der Waals surface area contributed by atoms with Crippen LogP contribution in [0.1, 0.15) is 26.7 Å². The van der Waals surface area contributed by atoms with Crippen molar-refractivity contribution in [2.45, 2.75) is 38.8 Å². The number of piperidine rings is 2. The Hall–Kier alpha value is -1.83. The first-order valence-corrected chi connectivity index (χ1v) is 17.2. The number of fused-ring (bicyclic) bond motifs is 2. The molecule has 0 amide bonds. The van der Waals surface area contributed by atoms with Crippen molar-refractivity contribution in [3.05, 3.63) is 60.9 Å². The minimum atomic E-state index is 0. The van der Waals surface area contributed by atoms with E-state index < -0.39 is 0 Å². The predicted molar refractivity (Wildman–Crippen MR) is 199 cm³/mol. The van der Waals surface area contributed by atoms with Gasteiger partial charge in [-0.2, -0.15) is 0 Å². The van der Waals surface area contributed by atoms with E-state index in [1.807, 2.05) is 30.3 Å². The second-order valence-electron chi connectivity index (χ2n) is 11.4. The molecule has 0 saturated carbocycles. The molecule has 2 fully saturated rings. The van der Waals surface area contributed by atoms with Crippen LogP contribution in [0, 0.1) is 11.8 Å². The summed E-state index contributed by atoms with van der Waals surface area (Å²) in [5.74, 6) is 2.25. The van der Waals surface area contributed by atoms with E-state index >= 15 is 0 Å². The quantitative estimate of drug-likeness (QED) is 0.188. The van der Waals surface area contributed by atoms with Crippen molar-refractivity contribution >= 4 is 96.0 Å². The summed E-state index contributed by atoms with van der Waals surface area (Å²) in [5, 5.41) is 12.0. The number of phenolic OH excluding ortho intramolecular Hbond substituents is 1. The van der Waals surface area contributed by atoms with Gasteiger partial charge in [-0.25, -0.2) is 0 Å². The highest BCUT2D eigenvalue weighted by Gasteiger charge is 2.25. The zero-order chi connectivity index (χ0) is 31.1. The molecule has 0 spiro atoms. The molecule has 0 bridgehead atoms. The number of rotatable bonds is 3. The van der Waals surface area contributed by atoms with Gasteiger partial charge in [0.1, 0.15) is 22.5 Å². The van der Waals surface area contributed by atoms with Crippen molar-refractivity contribution in [2.75, 3.05) is 43.1 Å². The van der Waals surface area contributed by atoms with Gasteiger partial charge in [-0.15, -0.1) is 59.7 Å². The Bertz CT molecular complexity index is 1480. The van der Waals surface area contributed by atoms with E-state index in [9.17, 15) is 5.11 Å². The molecule has 2 aliphatic heterocycles. The Balaban J connectivity index is 0.000000211. The average Bonchev–Trinajstić information content (AvgIpc) is 2.96. The number of nitrogens with zero attached hydrogens (tertiary/aromatic N) is 4. The van der Waals surface area contributed by atoms with Crippen LogP contribution in [0.25, 0.3) is 21.8 Å². The second-order valence-corrected chi connectivity index (χ2v) is 17.9. The average molecular weight is 816 g/mol. The van der Waals surface area contributed by atoms with E-state index in [1.54, 1.807) is 25.6 Å². The number of pyridine rings is 2. The molecule has 44 heavy (non-hydrogen) atoms. The molecule has 4 aromatic rings. The van der Waals surface area contributed by atoms with Crippen LogP contribution in [0.4, 0.5) is 11.4 Å². The molecule has 5 N–H and O–H groups in total. The van der Waals surface area contributed by atoms with Gasteiger partial charge in [0.15, 0.2) is 0 Å². The van der Waals surface area contributed by atoms with Gasteiger partial charge in [0.05, 0.1) is 7.11 Å². The monoisotopic (exact) mass is 812 g/mol. The number of nitrogens with two attached hydrogens (primary N) is 2. The van der Waals surface area contributed by atoms with E-state index in [2.05, 4.69) is 93.0 Å². The standard InChI is InChI=1S/C16H21N3O.C15H19N3O.BBr3.ClH/c1-11-8-12(17)10-19(9-11)14-5-6-15(20-2)16-13(14)4-3-7-18-16;1-10-7-11(16)9-18(8-10)13-4-5-14(19)15-12(13)3-2-6-17-15;2-1(3)4;/h3-7,11-12H,8-10,17H2,1-2H3;2-6,10-11,19H,7-9,16H2,1H3;;1H/t11-,12+;10-,11+;;/m00../s1. The highest BCUT2D eigenvalue weighted by molar-refractivity contribution is 9.69. The molecular weight excluding hydrogens is 774 g/mol. The number of phenols is 1. The molecule has 0 aliphatic carbocycles. The van der Waals surface area contributed by atoms with E-state index in [1.165, 1.54) is 5.69 Å². The van der Waals surface area contributed by atoms with E-state index in [0.29, 0.717) is 17.4 Å². The Labute approximate surface area is 291 Å². The minimum absolute atomic E-state index is 0. The maximum Gasteiger partial charge on any atom is 0.369 e. The van der Waals surface area contributed by atoms with Crippen LogP contribution in [0.2, 0.25) is 0 Å². The molecule has 6 rings (SSSR count). The number of hydrogen-bond acceptors (Lipinski definition) is 8. The summed E-state index contributed by atoms with van der Waals surface area (Å²) in [6, 6.07) is 16.2. The van der Waals surface area contributed by atoms with Crippen molar-refractivity contribution in [3.8, 4) is 11.5 Å². The molecule has 4 heterocycles. The lowest BCUT2D eigenvalue weighted by atomic mass is 9.95. The number of anilines is 2. The lowest BCUT2D eigenvalue weighted by molar-refractivity contribution is 0.401. The third kappa shape index (κ3) is 9.59. The lowest BCUT2D eigenvalue weighted by Crippen LogP contribution is -2.46. The van der Waals surface area contributed by atoms with E-state index in [4.69, 9.17) is 16.2 Å². The van der Waals surface area contributed by atoms with Gasteiger partial charge in [0, 0.05) is 72.8 Å². The van der Waals surface area contributed by atoms with Crippen LogP contribution in [0.5, 0.6) is 11.5 Å². The molecule has 238 valence electrons. The minimum Gasteiger partial charge on any atom is -0.506 e. The summed E-state index contributed by atoms with van der Waals surface area (Å²) >= 11 is 9.31. The topological polar surface area (TPSA) is 114 Å². The van der Waals surface area contributed by atoms with Gasteiger partial charge >= 0.3 is 3.18 Å². The predicted octanol–water partition coefficient (Wildman–Crippen LogP) is 7.11. The number of aromatic nitrogens is 2. The fourth-order valence-corrected chi connectivity index (χ4v) is 6.18. The van der Waals surface area contributed by atoms with Crippen molar-refractivity contribution in [3.63, 3.8) is 0 Å². The van der Waals surface area contributed by atoms with Crippen LogP contribution >= 0.6 is 59.7 Å². The first-order chi connectivity index (χ1) is 20.6. The first-order valence-electron chi connectivity index (χ1n) is 14.5. The van der Waals surface area contributed by atoms with Gasteiger partial charge in [-0.1, -0.05) is 13.8 Å². The normalized spacial score (nSPS) is 21.4. The number of aromatic hydroxyl groups is 1. The summed E-state index contributed by atoms with van der Waals surface area (Å²) < 4.78 is 5.68. The highest BCUT2D eigenvalue weighted by Crippen LogP contribution is 2.35. The van der Waals surface area contributed by atoms with Crippen LogP contribution in [-0.4, -0.2) is 63.6 Å². The van der Waals surface area contributed by atoms with Crippen molar-refractivity contribution in [2.24, 2.45) is 23.3 Å². The third-order valence-corrected chi connectivity index (χ3v) is 7.72. The maximum atomic E-state index is 9.89. The Kier molecular flexibility index (Phi) is 14.3. The summed E-state index contributed by atoms with van der Waals surface area (Å²) in [5.41, 5.74) is 16.2. The van der Waals surface area contributed by atoms with Gasteiger partial charge in [0.25, 0.3) is 0 Å². The van der Waals surface area contributed by atoms with Crippen LogP contribution in [-0.2, 0) is 0 Å². The highest BCUT2D eigenvalue weighted by atomic mass is 79.9. The molecule has 0 unspecified atom stereocenters. The van der Waals surface area contributed by atoms with Gasteiger partial charge in [-0.05, 0) is 73.2 Å². The molecular formula is C31H41BBr3ClN6O2. The summed E-state index contributed by atoms with van der Waals surface area (Å²) in [6.07, 6.45) is 5.68. The van der Waals surface area contributed by atoms with Crippen molar-refractivity contribution in [1.29, 1.82) is 0 Å². The Morgan fingerprint density at radius 3 is 1.70 bits per heavy atom. The van der Waals surface area contributed by atoms with E-state index in [0.717, 1.165) is 66.7 Å². The molecule has 2 aromatic carbocycles. The number of halogens is 4. The zero-order valence-electron chi connectivity index (χ0n) is 25.2. The Morgan fingerprint density at radius 2 is 1.23 bits per heavy atom. The number of methoxy groups -OCH3 is 1. The maximum absolute atomic E-state index is 9.89. The molecule has 2 aliphatic rings. The third-order valence-electron chi connectivity index (χ3n) is 7.72. The fraction of sp³-hybridized carbons (Fsp3) is 0.419. The summed E-state index contributed by atoms with van der Waals surface area (Å²) in [4.78, 5) is 13.4. The summed E-state index contributed by atoms with van der Waals surface area (Å²) in [6.45, 7) is 8.30. The molecule has 4 atom stereocenters. The fourth-order valence-electron chi connectivity index (χ4n) is 6.18. The van der Waals surface area contributed by atoms with Crippen molar-refractivity contribution in [1.82, 2.24) is 9.97 Å². The van der Waals surface area contributed by atoms with Gasteiger partial charge in [-0.3, -0.25) is 9.97 Å². The van der Waals surface area contributed by atoms with Crippen LogP contribution in [0.15, 0.2) is 60.9 Å². The van der Waals surface area contributed by atoms with Crippen LogP contribution < -0.4 is 26.0 Å². The van der Waals surface area contributed by atoms with Crippen LogP contribution in [0.3, 0.4) is 0 Å². The lowest BCUT2D eigenvalue weighted by Gasteiger charge is -2.37. The summed E-state index contributed by atoms with van der Waals surface area (Å²) in [7, 11) is 1.68. The van der Waals surface area contributed by atoms with Crippen molar-refractivity contribution < 1.29 is 9.84 Å². The molecule has 2 saturated heterocycles. The number of ether oxygens (including phenoxy) is 1. The molecule has 2 aromatic heterocycles. The van der Waals surface area contributed by atoms with Gasteiger partial charge in [0.2, 0.25) is 0 Å². The second kappa shape index (κ2) is 17.2. The van der Waals surface area contributed by atoms with E-state index in [-0.39, 0.29) is 33.4 Å². The largest absolute Gasteiger partial charge is 0.506 e. The molecule has 0 radical (unpaired) electrons. The SMILES string of the molecule is BrB(Br)Br.COc1ccc(N2C[C@@H](C)C[C@@H](N)C2)c2cccnc12.C[C@H]1C[C@@H](N)CN(c2ccc(O)c3ncccc23)C1.Cl. The Morgan fingerprint density at radius 1 is 0.773 bits per heavy atom. The zero-order valence-corrected chi connectivity index (χ0v) is 30.8.